The molecule has 0 atom stereocenters. The molecule has 0 aliphatic carbocycles. The molecule has 0 saturated heterocycles. The van der Waals surface area contributed by atoms with Crippen LogP contribution in [-0.2, 0) is 16.6 Å². The van der Waals surface area contributed by atoms with Gasteiger partial charge >= 0.3 is 0 Å². The van der Waals surface area contributed by atoms with Gasteiger partial charge in [-0.2, -0.15) is 0 Å². The lowest BCUT2D eigenvalue weighted by atomic mass is 10.1. The third kappa shape index (κ3) is 5.40. The van der Waals surface area contributed by atoms with E-state index in [2.05, 4.69) is 10.0 Å². The molecule has 0 unspecified atom stereocenters. The van der Waals surface area contributed by atoms with Crippen LogP contribution < -0.4 is 10.0 Å². The van der Waals surface area contributed by atoms with Gasteiger partial charge in [0, 0.05) is 37.8 Å². The van der Waals surface area contributed by atoms with Crippen LogP contribution in [0.2, 0.25) is 0 Å². The summed E-state index contributed by atoms with van der Waals surface area (Å²) < 4.78 is 27.1. The first-order valence-electron chi connectivity index (χ1n) is 8.83. The lowest BCUT2D eigenvalue weighted by Gasteiger charge is -2.18. The van der Waals surface area contributed by atoms with Gasteiger partial charge in [0.2, 0.25) is 10.0 Å². The van der Waals surface area contributed by atoms with Gasteiger partial charge in [-0.3, -0.25) is 9.59 Å². The Balaban J connectivity index is 2.15. The number of benzene rings is 2. The van der Waals surface area contributed by atoms with Gasteiger partial charge in [0.25, 0.3) is 11.8 Å². The minimum atomic E-state index is -3.67. The van der Waals surface area contributed by atoms with Crippen molar-refractivity contribution in [2.24, 2.45) is 0 Å². The molecule has 2 aromatic rings. The minimum Gasteiger partial charge on any atom is -0.355 e. The summed E-state index contributed by atoms with van der Waals surface area (Å²) in [5, 5.41) is 2.55. The van der Waals surface area contributed by atoms with Crippen LogP contribution in [0.3, 0.4) is 0 Å². The summed E-state index contributed by atoms with van der Waals surface area (Å²) in [6.07, 6.45) is 0. The van der Waals surface area contributed by atoms with Gasteiger partial charge in [0.15, 0.2) is 0 Å². The third-order valence-corrected chi connectivity index (χ3v) is 5.65. The molecule has 0 fully saturated rings. The molecule has 2 rings (SSSR count). The maximum absolute atomic E-state index is 12.7. The van der Waals surface area contributed by atoms with Crippen molar-refractivity contribution < 1.29 is 18.0 Å². The third-order valence-electron chi connectivity index (χ3n) is 3.99. The zero-order valence-electron chi connectivity index (χ0n) is 16.4. The standard InChI is InChI=1S/C20H25N3O4S/c1-14(2)22-28(26,27)18-7-5-6-17(12-18)20(25)23(4)13-15-8-10-16(11-9-15)19(24)21-3/h5-12,14,22H,13H2,1-4H3,(H,21,24). The number of carbonyl (C=O) groups is 2. The van der Waals surface area contributed by atoms with E-state index in [1.807, 2.05) is 0 Å². The monoisotopic (exact) mass is 403 g/mol. The first-order valence-corrected chi connectivity index (χ1v) is 10.3. The topological polar surface area (TPSA) is 95.6 Å². The molecule has 2 amide bonds. The minimum absolute atomic E-state index is 0.0513. The summed E-state index contributed by atoms with van der Waals surface area (Å²) in [6, 6.07) is 12.7. The van der Waals surface area contributed by atoms with E-state index in [0.29, 0.717) is 12.1 Å². The van der Waals surface area contributed by atoms with Crippen molar-refractivity contribution in [1.82, 2.24) is 14.9 Å². The molecule has 150 valence electrons. The fraction of sp³-hybridized carbons (Fsp3) is 0.300. The van der Waals surface area contributed by atoms with Crippen molar-refractivity contribution in [3.05, 3.63) is 65.2 Å². The number of carbonyl (C=O) groups excluding carboxylic acids is 2. The van der Waals surface area contributed by atoms with Gasteiger partial charge in [-0.05, 0) is 49.7 Å². The zero-order chi connectivity index (χ0) is 20.9. The second-order valence-corrected chi connectivity index (χ2v) is 8.46. The maximum atomic E-state index is 12.7. The number of sulfonamides is 1. The first-order chi connectivity index (χ1) is 13.1. The van der Waals surface area contributed by atoms with Crippen molar-refractivity contribution in [3.8, 4) is 0 Å². The van der Waals surface area contributed by atoms with Crippen LogP contribution in [0.5, 0.6) is 0 Å². The Kier molecular flexibility index (Phi) is 6.93. The largest absolute Gasteiger partial charge is 0.355 e. The Morgan fingerprint density at radius 2 is 1.68 bits per heavy atom. The molecule has 28 heavy (non-hydrogen) atoms. The summed E-state index contributed by atoms with van der Waals surface area (Å²) in [5.41, 5.74) is 1.68. The Morgan fingerprint density at radius 3 is 2.25 bits per heavy atom. The lowest BCUT2D eigenvalue weighted by molar-refractivity contribution is 0.0784. The van der Waals surface area contributed by atoms with E-state index >= 15 is 0 Å². The van der Waals surface area contributed by atoms with Crippen LogP contribution in [0.25, 0.3) is 0 Å². The number of amides is 2. The molecular formula is C20H25N3O4S. The summed E-state index contributed by atoms with van der Waals surface area (Å²) in [5.74, 6) is -0.471. The second-order valence-electron chi connectivity index (χ2n) is 6.74. The quantitative estimate of drug-likeness (QED) is 0.739. The van der Waals surface area contributed by atoms with Crippen LogP contribution in [0.4, 0.5) is 0 Å². The molecule has 8 heteroatoms. The van der Waals surface area contributed by atoms with E-state index in [1.165, 1.54) is 17.0 Å². The molecular weight excluding hydrogens is 378 g/mol. The van der Waals surface area contributed by atoms with Crippen LogP contribution in [-0.4, -0.2) is 45.3 Å². The predicted molar refractivity (Wildman–Crippen MR) is 108 cm³/mol. The van der Waals surface area contributed by atoms with Gasteiger partial charge in [-0.25, -0.2) is 13.1 Å². The Hall–Kier alpha value is -2.71. The number of hydrogen-bond acceptors (Lipinski definition) is 4. The van der Waals surface area contributed by atoms with Crippen molar-refractivity contribution >= 4 is 21.8 Å². The normalized spacial score (nSPS) is 11.3. The Labute approximate surface area is 165 Å². The fourth-order valence-electron chi connectivity index (χ4n) is 2.65. The van der Waals surface area contributed by atoms with Gasteiger partial charge < -0.3 is 10.2 Å². The van der Waals surface area contributed by atoms with Crippen LogP contribution in [0, 0.1) is 0 Å². The molecule has 2 N–H and O–H groups in total. The summed E-state index contributed by atoms with van der Waals surface area (Å²) in [6.45, 7) is 3.79. The smallest absolute Gasteiger partial charge is 0.253 e. The van der Waals surface area contributed by atoms with E-state index in [1.54, 1.807) is 64.3 Å². The molecule has 7 nitrogen and oxygen atoms in total. The number of nitrogens with zero attached hydrogens (tertiary/aromatic N) is 1. The maximum Gasteiger partial charge on any atom is 0.253 e. The summed E-state index contributed by atoms with van der Waals surface area (Å²) >= 11 is 0. The fourth-order valence-corrected chi connectivity index (χ4v) is 3.94. The average molecular weight is 404 g/mol. The zero-order valence-corrected chi connectivity index (χ0v) is 17.2. The predicted octanol–water partition coefficient (Wildman–Crippen LogP) is 2.01. The highest BCUT2D eigenvalue weighted by Crippen LogP contribution is 2.15. The van der Waals surface area contributed by atoms with E-state index in [-0.39, 0.29) is 28.3 Å². The number of hydrogen-bond donors (Lipinski definition) is 2. The summed E-state index contributed by atoms with van der Waals surface area (Å²) in [7, 11) is -0.470. The van der Waals surface area contributed by atoms with E-state index in [9.17, 15) is 18.0 Å². The van der Waals surface area contributed by atoms with Crippen molar-refractivity contribution in [3.63, 3.8) is 0 Å². The van der Waals surface area contributed by atoms with Crippen molar-refractivity contribution in [1.29, 1.82) is 0 Å². The molecule has 0 spiro atoms. The van der Waals surface area contributed by atoms with Crippen LogP contribution >= 0.6 is 0 Å². The molecule has 0 bridgehead atoms. The highest BCUT2D eigenvalue weighted by Gasteiger charge is 2.19. The van der Waals surface area contributed by atoms with Gasteiger partial charge in [-0.15, -0.1) is 0 Å². The van der Waals surface area contributed by atoms with Gasteiger partial charge in [0.05, 0.1) is 4.90 Å². The molecule has 0 heterocycles. The highest BCUT2D eigenvalue weighted by molar-refractivity contribution is 7.89. The average Bonchev–Trinajstić information content (AvgIpc) is 2.66. The van der Waals surface area contributed by atoms with Crippen molar-refractivity contribution in [2.75, 3.05) is 14.1 Å². The van der Waals surface area contributed by atoms with E-state index in [4.69, 9.17) is 0 Å². The first kappa shape index (κ1) is 21.6. The van der Waals surface area contributed by atoms with Crippen LogP contribution in [0.15, 0.2) is 53.4 Å². The van der Waals surface area contributed by atoms with Gasteiger partial charge in [0.1, 0.15) is 0 Å². The molecule has 0 aliphatic heterocycles. The second kappa shape index (κ2) is 8.99. The SMILES string of the molecule is CNC(=O)c1ccc(CN(C)C(=O)c2cccc(S(=O)(=O)NC(C)C)c2)cc1. The molecule has 0 radical (unpaired) electrons. The van der Waals surface area contributed by atoms with Gasteiger partial charge in [-0.1, -0.05) is 18.2 Å². The van der Waals surface area contributed by atoms with Crippen molar-refractivity contribution in [2.45, 2.75) is 31.3 Å². The molecule has 2 aromatic carbocycles. The summed E-state index contributed by atoms with van der Waals surface area (Å²) in [4.78, 5) is 25.9. The van der Waals surface area contributed by atoms with Crippen LogP contribution in [0.1, 0.15) is 40.1 Å². The lowest BCUT2D eigenvalue weighted by Crippen LogP contribution is -2.31. The van der Waals surface area contributed by atoms with E-state index in [0.717, 1.165) is 5.56 Å². The Bertz CT molecular complexity index is 954. The van der Waals surface area contributed by atoms with E-state index < -0.39 is 10.0 Å². The molecule has 0 aliphatic rings. The molecule has 0 saturated carbocycles. The highest BCUT2D eigenvalue weighted by atomic mass is 32.2. The molecule has 0 aromatic heterocycles. The number of rotatable bonds is 7. The number of nitrogens with one attached hydrogen (secondary N) is 2. The Morgan fingerprint density at radius 1 is 1.04 bits per heavy atom.